The first-order chi connectivity index (χ1) is 15.1. The number of carbonyl (C=O) groups is 1. The third-order valence-corrected chi connectivity index (χ3v) is 5.63. The second-order valence-electron chi connectivity index (χ2n) is 6.81. The van der Waals surface area contributed by atoms with E-state index in [1.807, 2.05) is 59.5 Å². The Morgan fingerprint density at radius 3 is 2.71 bits per heavy atom. The van der Waals surface area contributed by atoms with Gasteiger partial charge >= 0.3 is 0 Å². The molecule has 0 aliphatic rings. The number of hydrogen-bond donors (Lipinski definition) is 1. The highest BCUT2D eigenvalue weighted by Gasteiger charge is 2.18. The van der Waals surface area contributed by atoms with E-state index in [0.29, 0.717) is 23.3 Å². The van der Waals surface area contributed by atoms with Crippen LogP contribution in [-0.2, 0) is 11.3 Å². The number of nitrogens with zero attached hydrogens (tertiary/aromatic N) is 5. The Bertz CT molecular complexity index is 1190. The number of furan rings is 1. The van der Waals surface area contributed by atoms with Crippen molar-refractivity contribution in [1.82, 2.24) is 24.5 Å². The predicted molar refractivity (Wildman–Crippen MR) is 120 cm³/mol. The molecule has 4 aromatic rings. The summed E-state index contributed by atoms with van der Waals surface area (Å²) in [4.78, 5) is 12.7. The highest BCUT2D eigenvalue weighted by Crippen LogP contribution is 2.26. The van der Waals surface area contributed by atoms with Gasteiger partial charge in [0.1, 0.15) is 0 Å². The highest BCUT2D eigenvalue weighted by atomic mass is 32.2. The molecule has 1 N–H and O–H groups in total. The van der Waals surface area contributed by atoms with E-state index in [1.54, 1.807) is 18.4 Å². The molecule has 1 aromatic carbocycles. The minimum Gasteiger partial charge on any atom is -0.461 e. The third-order valence-electron chi connectivity index (χ3n) is 4.66. The summed E-state index contributed by atoms with van der Waals surface area (Å²) in [5.41, 5.74) is 3.30. The van der Waals surface area contributed by atoms with E-state index in [9.17, 15) is 4.79 Å². The Balaban J connectivity index is 1.47. The quantitative estimate of drug-likeness (QED) is 0.329. The molecule has 0 radical (unpaired) electrons. The lowest BCUT2D eigenvalue weighted by molar-refractivity contribution is -0.113. The average molecular weight is 435 g/mol. The minimum absolute atomic E-state index is 0.142. The number of benzene rings is 1. The fourth-order valence-corrected chi connectivity index (χ4v) is 3.97. The SMILES string of the molecule is C=CCn1c(SCC(=O)Nc2c(C)nn(-c3ccccc3)c2C)nnc1-c1ccco1. The number of carbonyl (C=O) groups excluding carboxylic acids is 1. The minimum atomic E-state index is -0.142. The number of allylic oxidation sites excluding steroid dienone is 1. The van der Waals surface area contributed by atoms with Gasteiger partial charge < -0.3 is 9.73 Å². The summed E-state index contributed by atoms with van der Waals surface area (Å²) < 4.78 is 9.13. The lowest BCUT2D eigenvalue weighted by Crippen LogP contribution is -2.16. The van der Waals surface area contributed by atoms with Crippen LogP contribution in [0.2, 0.25) is 0 Å². The molecule has 0 aliphatic heterocycles. The molecule has 4 rings (SSSR count). The fraction of sp³-hybridized carbons (Fsp3) is 0.182. The molecule has 0 atom stereocenters. The van der Waals surface area contributed by atoms with Gasteiger partial charge in [-0.05, 0) is 38.1 Å². The summed E-state index contributed by atoms with van der Waals surface area (Å²) in [6.07, 6.45) is 3.34. The van der Waals surface area contributed by atoms with Crippen molar-refractivity contribution < 1.29 is 9.21 Å². The predicted octanol–water partition coefficient (Wildman–Crippen LogP) is 4.26. The van der Waals surface area contributed by atoms with Gasteiger partial charge in [-0.2, -0.15) is 5.10 Å². The number of aromatic nitrogens is 5. The lowest BCUT2D eigenvalue weighted by atomic mass is 10.3. The van der Waals surface area contributed by atoms with Crippen molar-refractivity contribution in [1.29, 1.82) is 0 Å². The maximum Gasteiger partial charge on any atom is 0.234 e. The van der Waals surface area contributed by atoms with Crippen LogP contribution in [-0.4, -0.2) is 36.2 Å². The van der Waals surface area contributed by atoms with Crippen LogP contribution < -0.4 is 5.32 Å². The van der Waals surface area contributed by atoms with Gasteiger partial charge in [-0.1, -0.05) is 36.0 Å². The highest BCUT2D eigenvalue weighted by molar-refractivity contribution is 7.99. The zero-order chi connectivity index (χ0) is 21.8. The number of rotatable bonds is 8. The molecule has 0 bridgehead atoms. The largest absolute Gasteiger partial charge is 0.461 e. The molecule has 1 amide bonds. The summed E-state index contributed by atoms with van der Waals surface area (Å²) in [6, 6.07) is 13.4. The lowest BCUT2D eigenvalue weighted by Gasteiger charge is -2.08. The van der Waals surface area contributed by atoms with Gasteiger partial charge in [-0.3, -0.25) is 9.36 Å². The molecule has 0 saturated carbocycles. The summed E-state index contributed by atoms with van der Waals surface area (Å²) in [5.74, 6) is 1.26. The van der Waals surface area contributed by atoms with Gasteiger partial charge in [0, 0.05) is 6.54 Å². The molecule has 31 heavy (non-hydrogen) atoms. The molecular formula is C22H22N6O2S. The maximum atomic E-state index is 12.7. The van der Waals surface area contributed by atoms with Crippen LogP contribution in [0.4, 0.5) is 5.69 Å². The number of nitrogens with one attached hydrogen (secondary N) is 1. The standard InChI is InChI=1S/C22H22N6O2S/c1-4-12-27-21(18-11-8-13-30-18)24-25-22(27)31-14-19(29)23-20-15(2)26-28(16(20)3)17-9-6-5-7-10-17/h4-11,13H,1,12,14H2,2-3H3,(H,23,29). The second kappa shape index (κ2) is 9.05. The first kappa shape index (κ1) is 20.7. The third kappa shape index (κ3) is 4.31. The van der Waals surface area contributed by atoms with Gasteiger partial charge in [-0.25, -0.2) is 4.68 Å². The molecule has 158 valence electrons. The Labute approximate surface area is 184 Å². The Hall–Kier alpha value is -3.59. The summed E-state index contributed by atoms with van der Waals surface area (Å²) in [7, 11) is 0. The molecule has 9 heteroatoms. The topological polar surface area (TPSA) is 90.8 Å². The van der Waals surface area contributed by atoms with Gasteiger partial charge in [0.05, 0.1) is 34.8 Å². The molecule has 3 aromatic heterocycles. The van der Waals surface area contributed by atoms with Crippen molar-refractivity contribution in [2.45, 2.75) is 25.5 Å². The van der Waals surface area contributed by atoms with Crippen molar-refractivity contribution in [3.8, 4) is 17.3 Å². The molecule has 0 fully saturated rings. The number of anilines is 1. The van der Waals surface area contributed by atoms with Crippen LogP contribution in [0.5, 0.6) is 0 Å². The van der Waals surface area contributed by atoms with Crippen molar-refractivity contribution in [3.05, 3.63) is 72.8 Å². The van der Waals surface area contributed by atoms with Crippen LogP contribution in [0, 0.1) is 13.8 Å². The van der Waals surface area contributed by atoms with Crippen LogP contribution in [0.25, 0.3) is 17.3 Å². The van der Waals surface area contributed by atoms with Gasteiger partial charge in [0.15, 0.2) is 10.9 Å². The monoisotopic (exact) mass is 434 g/mol. The van der Waals surface area contributed by atoms with Gasteiger partial charge in [0.2, 0.25) is 11.7 Å². The van der Waals surface area contributed by atoms with Crippen molar-refractivity contribution in [2.24, 2.45) is 0 Å². The van der Waals surface area contributed by atoms with Crippen molar-refractivity contribution in [3.63, 3.8) is 0 Å². The molecule has 0 unspecified atom stereocenters. The maximum absolute atomic E-state index is 12.7. The number of aryl methyl sites for hydroxylation is 1. The zero-order valence-electron chi connectivity index (χ0n) is 17.3. The van der Waals surface area contributed by atoms with E-state index < -0.39 is 0 Å². The zero-order valence-corrected chi connectivity index (χ0v) is 18.1. The van der Waals surface area contributed by atoms with E-state index in [1.165, 1.54) is 11.8 Å². The van der Waals surface area contributed by atoms with Crippen LogP contribution in [0.3, 0.4) is 0 Å². The molecule has 0 aliphatic carbocycles. The van der Waals surface area contributed by atoms with E-state index >= 15 is 0 Å². The first-order valence-corrected chi connectivity index (χ1v) is 10.7. The number of amides is 1. The fourth-order valence-electron chi connectivity index (χ4n) is 3.23. The normalized spacial score (nSPS) is 10.9. The summed E-state index contributed by atoms with van der Waals surface area (Å²) >= 11 is 1.31. The van der Waals surface area contributed by atoms with E-state index in [-0.39, 0.29) is 11.7 Å². The Morgan fingerprint density at radius 1 is 1.19 bits per heavy atom. The summed E-state index contributed by atoms with van der Waals surface area (Å²) in [5, 5.41) is 16.6. The molecule has 3 heterocycles. The number of hydrogen-bond acceptors (Lipinski definition) is 6. The summed E-state index contributed by atoms with van der Waals surface area (Å²) in [6.45, 7) is 8.12. The van der Waals surface area contributed by atoms with Crippen LogP contribution >= 0.6 is 11.8 Å². The molecule has 0 saturated heterocycles. The van der Waals surface area contributed by atoms with Gasteiger partial charge in [0.25, 0.3) is 0 Å². The van der Waals surface area contributed by atoms with Gasteiger partial charge in [-0.15, -0.1) is 16.8 Å². The molecule has 0 spiro atoms. The van der Waals surface area contributed by atoms with Crippen molar-refractivity contribution >= 4 is 23.4 Å². The van der Waals surface area contributed by atoms with E-state index in [4.69, 9.17) is 4.42 Å². The second-order valence-corrected chi connectivity index (χ2v) is 7.76. The molecule has 8 nitrogen and oxygen atoms in total. The Kier molecular flexibility index (Phi) is 6.03. The first-order valence-electron chi connectivity index (χ1n) is 9.70. The molecular weight excluding hydrogens is 412 g/mol. The van der Waals surface area contributed by atoms with Crippen molar-refractivity contribution in [2.75, 3.05) is 11.1 Å². The Morgan fingerprint density at radius 2 is 2.00 bits per heavy atom. The number of para-hydroxylation sites is 1. The van der Waals surface area contributed by atoms with E-state index in [0.717, 1.165) is 22.8 Å². The van der Waals surface area contributed by atoms with E-state index in [2.05, 4.69) is 27.2 Å². The van der Waals surface area contributed by atoms with Crippen LogP contribution in [0.1, 0.15) is 11.4 Å². The number of thioether (sulfide) groups is 1. The smallest absolute Gasteiger partial charge is 0.234 e. The average Bonchev–Trinajstić information content (AvgIpc) is 3.50. The van der Waals surface area contributed by atoms with Crippen LogP contribution in [0.15, 0.2) is 71.0 Å².